The number of methoxy groups -OCH3 is 1. The van der Waals surface area contributed by atoms with Gasteiger partial charge in [-0.05, 0) is 54.7 Å². The van der Waals surface area contributed by atoms with Crippen LogP contribution in [0.4, 0.5) is 13.2 Å². The van der Waals surface area contributed by atoms with Gasteiger partial charge >= 0.3 is 12.1 Å². The number of pyridine rings is 1. The predicted molar refractivity (Wildman–Crippen MR) is 115 cm³/mol. The van der Waals surface area contributed by atoms with Crippen molar-refractivity contribution in [3.8, 4) is 11.6 Å². The molecular formula is C24H25F3N2O4. The molecule has 0 radical (unpaired) electrons. The second kappa shape index (κ2) is 9.05. The summed E-state index contributed by atoms with van der Waals surface area (Å²) in [6.45, 7) is 3.91. The summed E-state index contributed by atoms with van der Waals surface area (Å²) in [6.07, 6.45) is -2.05. The highest BCUT2D eigenvalue weighted by atomic mass is 19.4. The molecule has 1 fully saturated rings. The van der Waals surface area contributed by atoms with Gasteiger partial charge in [0.25, 0.3) is 0 Å². The summed E-state index contributed by atoms with van der Waals surface area (Å²) in [5.74, 6) is -0.346. The number of carbonyl (C=O) groups is 1. The first-order valence-electron chi connectivity index (χ1n) is 10.7. The third-order valence-electron chi connectivity index (χ3n) is 6.27. The van der Waals surface area contributed by atoms with Crippen LogP contribution in [0.25, 0.3) is 5.57 Å². The maximum Gasteiger partial charge on any atom is 0.417 e. The first kappa shape index (κ1) is 23.1. The summed E-state index contributed by atoms with van der Waals surface area (Å²) >= 11 is 0. The molecule has 2 aliphatic rings. The number of rotatable bonds is 7. The Bertz CT molecular complexity index is 1090. The number of fused-ring (bicyclic) bond motifs is 1. The van der Waals surface area contributed by atoms with E-state index in [1.165, 1.54) is 18.3 Å². The lowest BCUT2D eigenvalue weighted by atomic mass is 9.85. The summed E-state index contributed by atoms with van der Waals surface area (Å²) in [7, 11) is 1.35. The van der Waals surface area contributed by atoms with E-state index < -0.39 is 17.7 Å². The molecule has 0 unspecified atom stereocenters. The zero-order valence-electron chi connectivity index (χ0n) is 18.4. The van der Waals surface area contributed by atoms with Crippen LogP contribution in [-0.2, 0) is 24.0 Å². The predicted octanol–water partition coefficient (Wildman–Crippen LogP) is 4.42. The van der Waals surface area contributed by atoms with Gasteiger partial charge in [0.15, 0.2) is 0 Å². The normalized spacial score (nSPS) is 16.9. The van der Waals surface area contributed by atoms with E-state index in [1.807, 2.05) is 18.2 Å². The van der Waals surface area contributed by atoms with E-state index in [1.54, 1.807) is 0 Å². The summed E-state index contributed by atoms with van der Waals surface area (Å²) < 4.78 is 50.0. The van der Waals surface area contributed by atoms with Crippen LogP contribution in [0.3, 0.4) is 0 Å². The van der Waals surface area contributed by atoms with Gasteiger partial charge in [-0.25, -0.2) is 4.98 Å². The van der Waals surface area contributed by atoms with Crippen LogP contribution >= 0.6 is 0 Å². The zero-order valence-corrected chi connectivity index (χ0v) is 18.4. The van der Waals surface area contributed by atoms with Gasteiger partial charge in [-0.15, -0.1) is 0 Å². The van der Waals surface area contributed by atoms with Crippen molar-refractivity contribution in [1.29, 1.82) is 0 Å². The Morgan fingerprint density at radius 2 is 2.00 bits per heavy atom. The van der Waals surface area contributed by atoms with E-state index in [2.05, 4.69) is 16.8 Å². The molecular weight excluding hydrogens is 437 g/mol. The van der Waals surface area contributed by atoms with Crippen LogP contribution in [0, 0.1) is 5.92 Å². The molecule has 0 bridgehead atoms. The number of ether oxygens (including phenoxy) is 2. The van der Waals surface area contributed by atoms with Crippen LogP contribution in [0.1, 0.15) is 35.6 Å². The van der Waals surface area contributed by atoms with E-state index >= 15 is 0 Å². The smallest absolute Gasteiger partial charge is 0.417 e. The molecule has 1 saturated heterocycles. The van der Waals surface area contributed by atoms with Crippen molar-refractivity contribution in [2.24, 2.45) is 5.92 Å². The molecule has 1 aromatic carbocycles. The molecule has 1 aromatic heterocycles. The number of aliphatic carboxylic acids is 1. The fraction of sp³-hybridized carbons (Fsp3) is 0.417. The summed E-state index contributed by atoms with van der Waals surface area (Å²) in [5, 5.41) is 9.05. The number of alkyl halides is 3. The maximum atomic E-state index is 13.0. The van der Waals surface area contributed by atoms with Gasteiger partial charge in [0.05, 0.1) is 24.2 Å². The highest BCUT2D eigenvalue weighted by molar-refractivity contribution is 5.73. The van der Waals surface area contributed by atoms with Gasteiger partial charge in [0.2, 0.25) is 5.88 Å². The van der Waals surface area contributed by atoms with E-state index in [0.717, 1.165) is 42.8 Å². The molecule has 2 aromatic rings. The molecule has 1 N–H and O–H groups in total. The van der Waals surface area contributed by atoms with Crippen LogP contribution in [0.5, 0.6) is 11.6 Å². The molecule has 1 aliphatic heterocycles. The number of likely N-dealkylation sites (tertiary alicyclic amines) is 1. The van der Waals surface area contributed by atoms with Gasteiger partial charge < -0.3 is 14.6 Å². The van der Waals surface area contributed by atoms with Gasteiger partial charge in [0, 0.05) is 25.8 Å². The molecule has 9 heteroatoms. The fourth-order valence-corrected chi connectivity index (χ4v) is 4.32. The Morgan fingerprint density at radius 3 is 2.67 bits per heavy atom. The molecule has 2 heterocycles. The number of carboxylic acid groups (broad SMARTS) is 1. The Morgan fingerprint density at radius 1 is 1.24 bits per heavy atom. The lowest BCUT2D eigenvalue weighted by Crippen LogP contribution is -2.50. The quantitative estimate of drug-likeness (QED) is 0.657. The van der Waals surface area contributed by atoms with E-state index in [0.29, 0.717) is 18.8 Å². The minimum absolute atomic E-state index is 0.0977. The summed E-state index contributed by atoms with van der Waals surface area (Å²) in [6, 6.07) is 6.70. The molecule has 0 amide bonds. The van der Waals surface area contributed by atoms with Crippen molar-refractivity contribution < 1.29 is 32.5 Å². The number of benzene rings is 1. The van der Waals surface area contributed by atoms with Crippen LogP contribution in [0.2, 0.25) is 0 Å². The average molecular weight is 462 g/mol. The Balaban J connectivity index is 1.45. The summed E-state index contributed by atoms with van der Waals surface area (Å²) in [4.78, 5) is 16.9. The number of halogens is 3. The third kappa shape index (κ3) is 4.98. The number of carboxylic acids is 1. The fourth-order valence-electron chi connectivity index (χ4n) is 4.32. The summed E-state index contributed by atoms with van der Waals surface area (Å²) in [5.41, 5.74) is 4.10. The van der Waals surface area contributed by atoms with Crippen LogP contribution < -0.4 is 9.47 Å². The van der Waals surface area contributed by atoms with Crippen LogP contribution in [-0.4, -0.2) is 47.7 Å². The molecule has 4 rings (SSSR count). The van der Waals surface area contributed by atoms with E-state index in [4.69, 9.17) is 14.6 Å². The van der Waals surface area contributed by atoms with Crippen molar-refractivity contribution >= 4 is 11.5 Å². The molecule has 176 valence electrons. The number of hydrogen-bond donors (Lipinski definition) is 1. The van der Waals surface area contributed by atoms with E-state index in [-0.39, 0.29) is 24.0 Å². The minimum Gasteiger partial charge on any atom is -0.489 e. The van der Waals surface area contributed by atoms with Crippen LogP contribution in [0.15, 0.2) is 36.0 Å². The Labute approximate surface area is 189 Å². The highest BCUT2D eigenvalue weighted by Crippen LogP contribution is 2.35. The molecule has 6 nitrogen and oxygen atoms in total. The van der Waals surface area contributed by atoms with E-state index in [9.17, 15) is 18.0 Å². The standard InChI is InChI=1S/C24H25F3N2O4/c1-14-16(10-29-11-18(12-29)23(30)31)4-3-15-8-20(5-6-21(14)15)33-13-17-7-19(24(25,26)27)9-28-22(17)32-2/h5-9,18H,3-4,10-13H2,1-2H3,(H,30,31). The number of hydrogen-bond acceptors (Lipinski definition) is 5. The second-order valence-electron chi connectivity index (χ2n) is 8.46. The lowest BCUT2D eigenvalue weighted by Gasteiger charge is -2.38. The Kier molecular flexibility index (Phi) is 6.34. The first-order valence-corrected chi connectivity index (χ1v) is 10.7. The van der Waals surface area contributed by atoms with Crippen molar-refractivity contribution in [2.45, 2.75) is 32.5 Å². The number of nitrogens with zero attached hydrogens (tertiary/aromatic N) is 2. The molecule has 0 atom stereocenters. The van der Waals surface area contributed by atoms with Crippen molar-refractivity contribution in [3.63, 3.8) is 0 Å². The minimum atomic E-state index is -4.49. The number of aryl methyl sites for hydroxylation is 1. The van der Waals surface area contributed by atoms with Crippen molar-refractivity contribution in [3.05, 3.63) is 58.3 Å². The SMILES string of the molecule is COc1ncc(C(F)(F)F)cc1COc1ccc2c(c1)CCC(CN1CC(C(=O)O)C1)=C2C. The number of aromatic nitrogens is 1. The van der Waals surface area contributed by atoms with Gasteiger partial charge in [-0.2, -0.15) is 13.2 Å². The van der Waals surface area contributed by atoms with Gasteiger partial charge in [-0.3, -0.25) is 9.69 Å². The van der Waals surface area contributed by atoms with Gasteiger partial charge in [-0.1, -0.05) is 11.6 Å². The van der Waals surface area contributed by atoms with Crippen molar-refractivity contribution in [2.75, 3.05) is 26.7 Å². The third-order valence-corrected chi connectivity index (χ3v) is 6.27. The lowest BCUT2D eigenvalue weighted by molar-refractivity contribution is -0.147. The van der Waals surface area contributed by atoms with Gasteiger partial charge in [0.1, 0.15) is 12.4 Å². The molecule has 0 spiro atoms. The Hall–Kier alpha value is -3.07. The monoisotopic (exact) mass is 462 g/mol. The topological polar surface area (TPSA) is 71.9 Å². The molecule has 33 heavy (non-hydrogen) atoms. The second-order valence-corrected chi connectivity index (χ2v) is 8.46. The first-order chi connectivity index (χ1) is 15.7. The van der Waals surface area contributed by atoms with Crippen molar-refractivity contribution in [1.82, 2.24) is 9.88 Å². The number of allylic oxidation sites excluding steroid dienone is 1. The average Bonchev–Trinajstić information content (AvgIpc) is 2.74. The molecule has 0 saturated carbocycles. The maximum absolute atomic E-state index is 13.0. The highest BCUT2D eigenvalue weighted by Gasteiger charge is 2.33. The largest absolute Gasteiger partial charge is 0.489 e. The molecule has 1 aliphatic carbocycles. The zero-order chi connectivity index (χ0) is 23.8.